The molecule has 0 aromatic carbocycles. The minimum Gasteiger partial charge on any atom is -0.409 e. The second-order valence-electron chi connectivity index (χ2n) is 4.80. The van der Waals surface area contributed by atoms with Gasteiger partial charge in [-0.05, 0) is 59.5 Å². The molecule has 0 atom stereocenters. The Morgan fingerprint density at radius 1 is 1.44 bits per heavy atom. The van der Waals surface area contributed by atoms with E-state index in [0.717, 1.165) is 39.0 Å². The summed E-state index contributed by atoms with van der Waals surface area (Å²) in [5, 5.41) is 11.7. The summed E-state index contributed by atoms with van der Waals surface area (Å²) in [7, 11) is 4.20. The Hall–Kier alpha value is -0.810. The van der Waals surface area contributed by atoms with Crippen molar-refractivity contribution in [2.24, 2.45) is 16.8 Å². The van der Waals surface area contributed by atoms with Crippen LogP contribution in [0.4, 0.5) is 0 Å². The van der Waals surface area contributed by atoms with Crippen LogP contribution >= 0.6 is 0 Å². The predicted octanol–water partition coefficient (Wildman–Crippen LogP) is 0.397. The average Bonchev–Trinajstić information content (AvgIpc) is 2.28. The standard InChI is InChI=1S/C11H24N4O/c1-14(2)6-3-7-15-8-4-10(5-9-15)11(12)13-16/h10,16H,3-9H2,1-2H3,(H2,12,13). The maximum absolute atomic E-state index is 8.60. The van der Waals surface area contributed by atoms with Crippen molar-refractivity contribution in [1.82, 2.24) is 9.80 Å². The fourth-order valence-electron chi connectivity index (χ4n) is 2.14. The molecule has 0 aromatic rings. The lowest BCUT2D eigenvalue weighted by Crippen LogP contribution is -2.39. The van der Waals surface area contributed by atoms with Crippen LogP contribution in [0.25, 0.3) is 0 Å². The van der Waals surface area contributed by atoms with Crippen molar-refractivity contribution < 1.29 is 5.21 Å². The van der Waals surface area contributed by atoms with Crippen LogP contribution in [-0.4, -0.2) is 61.1 Å². The van der Waals surface area contributed by atoms with Gasteiger partial charge in [0.05, 0.1) is 0 Å². The highest BCUT2D eigenvalue weighted by Gasteiger charge is 2.21. The first-order chi connectivity index (χ1) is 7.63. The average molecular weight is 228 g/mol. The van der Waals surface area contributed by atoms with Gasteiger partial charge in [-0.25, -0.2) is 0 Å². The number of amidine groups is 1. The quantitative estimate of drug-likeness (QED) is 0.309. The molecule has 1 aliphatic heterocycles. The molecule has 0 aliphatic carbocycles. The molecule has 0 unspecified atom stereocenters. The lowest BCUT2D eigenvalue weighted by molar-refractivity contribution is 0.197. The molecule has 3 N–H and O–H groups in total. The van der Waals surface area contributed by atoms with Gasteiger partial charge in [0, 0.05) is 5.92 Å². The molecule has 1 heterocycles. The molecule has 0 bridgehead atoms. The summed E-state index contributed by atoms with van der Waals surface area (Å²) in [4.78, 5) is 4.67. The Morgan fingerprint density at radius 3 is 2.56 bits per heavy atom. The SMILES string of the molecule is CN(C)CCCN1CCC(C(N)=NO)CC1. The van der Waals surface area contributed by atoms with Crippen molar-refractivity contribution in [3.8, 4) is 0 Å². The summed E-state index contributed by atoms with van der Waals surface area (Å²) >= 11 is 0. The number of oxime groups is 1. The molecule has 1 fully saturated rings. The third-order valence-corrected chi connectivity index (χ3v) is 3.20. The fourth-order valence-corrected chi connectivity index (χ4v) is 2.14. The van der Waals surface area contributed by atoms with E-state index >= 15 is 0 Å². The van der Waals surface area contributed by atoms with E-state index in [-0.39, 0.29) is 5.92 Å². The van der Waals surface area contributed by atoms with E-state index in [9.17, 15) is 0 Å². The van der Waals surface area contributed by atoms with Crippen LogP contribution < -0.4 is 5.73 Å². The second kappa shape index (κ2) is 6.70. The van der Waals surface area contributed by atoms with Gasteiger partial charge in [-0.1, -0.05) is 5.16 Å². The highest BCUT2D eigenvalue weighted by atomic mass is 16.4. The van der Waals surface area contributed by atoms with Gasteiger partial charge in [0.15, 0.2) is 0 Å². The topological polar surface area (TPSA) is 65.1 Å². The van der Waals surface area contributed by atoms with E-state index in [1.165, 1.54) is 6.42 Å². The zero-order valence-electron chi connectivity index (χ0n) is 10.4. The molecular weight excluding hydrogens is 204 g/mol. The Labute approximate surface area is 97.9 Å². The highest BCUT2D eigenvalue weighted by molar-refractivity contribution is 5.82. The van der Waals surface area contributed by atoms with Gasteiger partial charge in [0.25, 0.3) is 0 Å². The van der Waals surface area contributed by atoms with Gasteiger partial charge in [0.2, 0.25) is 0 Å². The minimum absolute atomic E-state index is 0.273. The fraction of sp³-hybridized carbons (Fsp3) is 0.909. The number of hydrogen-bond acceptors (Lipinski definition) is 4. The first kappa shape index (κ1) is 13.3. The third-order valence-electron chi connectivity index (χ3n) is 3.20. The zero-order chi connectivity index (χ0) is 12.0. The normalized spacial score (nSPS) is 20.6. The largest absolute Gasteiger partial charge is 0.409 e. The first-order valence-corrected chi connectivity index (χ1v) is 5.98. The smallest absolute Gasteiger partial charge is 0.142 e. The molecule has 16 heavy (non-hydrogen) atoms. The Balaban J connectivity index is 2.17. The van der Waals surface area contributed by atoms with Gasteiger partial charge in [-0.3, -0.25) is 0 Å². The Morgan fingerprint density at radius 2 is 2.06 bits per heavy atom. The first-order valence-electron chi connectivity index (χ1n) is 5.98. The van der Waals surface area contributed by atoms with Gasteiger partial charge >= 0.3 is 0 Å². The van der Waals surface area contributed by atoms with E-state index in [1.807, 2.05) is 0 Å². The third kappa shape index (κ3) is 4.37. The van der Waals surface area contributed by atoms with Crippen molar-refractivity contribution in [3.63, 3.8) is 0 Å². The van der Waals surface area contributed by atoms with Crippen molar-refractivity contribution in [1.29, 1.82) is 0 Å². The number of nitrogens with zero attached hydrogens (tertiary/aromatic N) is 3. The molecule has 1 rings (SSSR count). The number of hydrogen-bond donors (Lipinski definition) is 2. The predicted molar refractivity (Wildman–Crippen MR) is 65.7 cm³/mol. The van der Waals surface area contributed by atoms with Gasteiger partial charge in [-0.15, -0.1) is 0 Å². The maximum Gasteiger partial charge on any atom is 0.142 e. The molecule has 5 nitrogen and oxygen atoms in total. The van der Waals surface area contributed by atoms with Crippen molar-refractivity contribution >= 4 is 5.84 Å². The number of nitrogens with two attached hydrogens (primary N) is 1. The minimum atomic E-state index is 0.273. The van der Waals surface area contributed by atoms with E-state index in [4.69, 9.17) is 10.9 Å². The molecule has 0 spiro atoms. The summed E-state index contributed by atoms with van der Waals surface area (Å²) in [5.41, 5.74) is 5.61. The molecular formula is C11H24N4O. The van der Waals surface area contributed by atoms with E-state index < -0.39 is 0 Å². The van der Waals surface area contributed by atoms with E-state index in [1.54, 1.807) is 0 Å². The molecule has 0 aromatic heterocycles. The summed E-state index contributed by atoms with van der Waals surface area (Å²) in [6.07, 6.45) is 3.23. The lowest BCUT2D eigenvalue weighted by atomic mass is 9.96. The summed E-state index contributed by atoms with van der Waals surface area (Å²) < 4.78 is 0. The van der Waals surface area contributed by atoms with Crippen molar-refractivity contribution in [2.45, 2.75) is 19.3 Å². The molecule has 1 aliphatic rings. The monoisotopic (exact) mass is 228 g/mol. The van der Waals surface area contributed by atoms with Crippen LogP contribution in [0.15, 0.2) is 5.16 Å². The van der Waals surface area contributed by atoms with Crippen LogP contribution in [0, 0.1) is 5.92 Å². The molecule has 1 saturated heterocycles. The van der Waals surface area contributed by atoms with Gasteiger partial charge in [-0.2, -0.15) is 0 Å². The van der Waals surface area contributed by atoms with E-state index in [0.29, 0.717) is 5.84 Å². The lowest BCUT2D eigenvalue weighted by Gasteiger charge is -2.31. The van der Waals surface area contributed by atoms with Crippen LogP contribution in [-0.2, 0) is 0 Å². The summed E-state index contributed by atoms with van der Waals surface area (Å²) in [6, 6.07) is 0. The van der Waals surface area contributed by atoms with Crippen LogP contribution in [0.2, 0.25) is 0 Å². The number of piperidine rings is 1. The van der Waals surface area contributed by atoms with E-state index in [2.05, 4.69) is 29.1 Å². The van der Waals surface area contributed by atoms with Crippen LogP contribution in [0.1, 0.15) is 19.3 Å². The number of rotatable bonds is 5. The maximum atomic E-state index is 8.60. The van der Waals surface area contributed by atoms with Crippen LogP contribution in [0.5, 0.6) is 0 Å². The molecule has 5 heteroatoms. The molecule has 0 radical (unpaired) electrons. The van der Waals surface area contributed by atoms with Gasteiger partial charge < -0.3 is 20.7 Å². The summed E-state index contributed by atoms with van der Waals surface area (Å²) in [6.45, 7) is 4.42. The van der Waals surface area contributed by atoms with Crippen molar-refractivity contribution in [2.75, 3.05) is 40.3 Å². The van der Waals surface area contributed by atoms with Gasteiger partial charge in [0.1, 0.15) is 5.84 Å². The summed E-state index contributed by atoms with van der Waals surface area (Å²) in [5.74, 6) is 0.669. The number of likely N-dealkylation sites (tertiary alicyclic amines) is 1. The van der Waals surface area contributed by atoms with Crippen LogP contribution in [0.3, 0.4) is 0 Å². The molecule has 0 saturated carbocycles. The molecule has 94 valence electrons. The molecule has 0 amide bonds. The second-order valence-corrected chi connectivity index (χ2v) is 4.80. The van der Waals surface area contributed by atoms with Crippen molar-refractivity contribution in [3.05, 3.63) is 0 Å². The zero-order valence-corrected chi connectivity index (χ0v) is 10.4. The Bertz CT molecular complexity index is 222. The Kier molecular flexibility index (Phi) is 5.55. The highest BCUT2D eigenvalue weighted by Crippen LogP contribution is 2.17.